The van der Waals surface area contributed by atoms with Gasteiger partial charge in [0.25, 0.3) is 5.91 Å². The third-order valence-corrected chi connectivity index (χ3v) is 4.58. The zero-order valence-corrected chi connectivity index (χ0v) is 14.1. The highest BCUT2D eigenvalue weighted by molar-refractivity contribution is 5.99. The largest absolute Gasteiger partial charge is 0.497 e. The molecule has 0 aliphatic carbocycles. The van der Waals surface area contributed by atoms with E-state index in [4.69, 9.17) is 9.47 Å². The fourth-order valence-electron chi connectivity index (χ4n) is 3.17. The summed E-state index contributed by atoms with van der Waals surface area (Å²) in [7, 11) is 1.62. The van der Waals surface area contributed by atoms with Crippen LogP contribution in [-0.4, -0.2) is 19.6 Å². The summed E-state index contributed by atoms with van der Waals surface area (Å²) < 4.78 is 10.9. The standard InChI is InChI=1S/C20H20N2O3/c1-24-18-4-5-19-15(8-18)7-17(12-25-19)20(23)22-9-13-2-3-14-10-21-11-16(14)6-13/h2-8,21H,9-12H2,1H3,(H,22,23). The maximum Gasteiger partial charge on any atom is 0.250 e. The van der Waals surface area contributed by atoms with Crippen molar-refractivity contribution < 1.29 is 14.3 Å². The Kier molecular flexibility index (Phi) is 4.15. The first kappa shape index (κ1) is 15.7. The van der Waals surface area contributed by atoms with Crippen molar-refractivity contribution >= 4 is 12.0 Å². The van der Waals surface area contributed by atoms with Gasteiger partial charge in [0.05, 0.1) is 12.7 Å². The van der Waals surface area contributed by atoms with Gasteiger partial charge in [0.2, 0.25) is 0 Å². The van der Waals surface area contributed by atoms with E-state index in [0.29, 0.717) is 12.1 Å². The van der Waals surface area contributed by atoms with E-state index >= 15 is 0 Å². The summed E-state index contributed by atoms with van der Waals surface area (Å²) in [4.78, 5) is 12.5. The van der Waals surface area contributed by atoms with E-state index in [9.17, 15) is 4.79 Å². The quantitative estimate of drug-likeness (QED) is 0.900. The molecule has 2 aliphatic heterocycles. The van der Waals surface area contributed by atoms with Gasteiger partial charge in [-0.3, -0.25) is 4.79 Å². The second-order valence-corrected chi connectivity index (χ2v) is 6.25. The van der Waals surface area contributed by atoms with Crippen molar-refractivity contribution in [1.82, 2.24) is 10.6 Å². The first-order valence-corrected chi connectivity index (χ1v) is 8.34. The molecule has 0 aromatic heterocycles. The average Bonchev–Trinajstić information content (AvgIpc) is 3.13. The summed E-state index contributed by atoms with van der Waals surface area (Å²) >= 11 is 0. The molecule has 2 heterocycles. The van der Waals surface area contributed by atoms with E-state index in [0.717, 1.165) is 35.7 Å². The number of benzene rings is 2. The van der Waals surface area contributed by atoms with Crippen molar-refractivity contribution in [1.29, 1.82) is 0 Å². The summed E-state index contributed by atoms with van der Waals surface area (Å²) in [6, 6.07) is 11.9. The van der Waals surface area contributed by atoms with E-state index in [1.807, 2.05) is 24.3 Å². The second kappa shape index (κ2) is 6.61. The van der Waals surface area contributed by atoms with Gasteiger partial charge in [-0.1, -0.05) is 18.2 Å². The molecule has 0 bridgehead atoms. The molecule has 0 spiro atoms. The van der Waals surface area contributed by atoms with Crippen LogP contribution in [0.1, 0.15) is 22.3 Å². The number of hydrogen-bond donors (Lipinski definition) is 2. The Morgan fingerprint density at radius 1 is 1.20 bits per heavy atom. The minimum atomic E-state index is -0.105. The van der Waals surface area contributed by atoms with Gasteiger partial charge in [-0.15, -0.1) is 0 Å². The van der Waals surface area contributed by atoms with Gasteiger partial charge in [-0.2, -0.15) is 0 Å². The van der Waals surface area contributed by atoms with Crippen LogP contribution in [0, 0.1) is 0 Å². The second-order valence-electron chi connectivity index (χ2n) is 6.25. The molecular formula is C20H20N2O3. The van der Waals surface area contributed by atoms with Crippen molar-refractivity contribution in [3.8, 4) is 11.5 Å². The zero-order valence-electron chi connectivity index (χ0n) is 14.1. The molecule has 2 aliphatic rings. The minimum Gasteiger partial charge on any atom is -0.497 e. The molecule has 0 saturated heterocycles. The van der Waals surface area contributed by atoms with Gasteiger partial charge in [-0.05, 0) is 41.0 Å². The van der Waals surface area contributed by atoms with Crippen molar-refractivity contribution in [2.75, 3.05) is 13.7 Å². The smallest absolute Gasteiger partial charge is 0.250 e. The third kappa shape index (κ3) is 3.23. The van der Waals surface area contributed by atoms with Crippen LogP contribution in [0.2, 0.25) is 0 Å². The number of hydrogen-bond acceptors (Lipinski definition) is 4. The lowest BCUT2D eigenvalue weighted by Crippen LogP contribution is -2.28. The lowest BCUT2D eigenvalue weighted by molar-refractivity contribution is -0.117. The number of carbonyl (C=O) groups is 1. The molecule has 0 unspecified atom stereocenters. The van der Waals surface area contributed by atoms with Crippen LogP contribution in [0.5, 0.6) is 11.5 Å². The van der Waals surface area contributed by atoms with Gasteiger partial charge < -0.3 is 20.1 Å². The Hall–Kier alpha value is -2.79. The first-order valence-electron chi connectivity index (χ1n) is 8.34. The predicted octanol–water partition coefficient (Wildman–Crippen LogP) is 2.39. The maximum absolute atomic E-state index is 12.5. The van der Waals surface area contributed by atoms with Gasteiger partial charge in [0.15, 0.2) is 0 Å². The van der Waals surface area contributed by atoms with Gasteiger partial charge in [0.1, 0.15) is 18.1 Å². The van der Waals surface area contributed by atoms with Crippen LogP contribution in [0.15, 0.2) is 42.0 Å². The lowest BCUT2D eigenvalue weighted by atomic mass is 10.1. The molecule has 2 N–H and O–H groups in total. The molecule has 0 saturated carbocycles. The van der Waals surface area contributed by atoms with Crippen LogP contribution in [0.3, 0.4) is 0 Å². The molecule has 2 aromatic carbocycles. The number of fused-ring (bicyclic) bond motifs is 2. The van der Waals surface area contributed by atoms with Crippen LogP contribution in [0.4, 0.5) is 0 Å². The molecule has 25 heavy (non-hydrogen) atoms. The van der Waals surface area contributed by atoms with Gasteiger partial charge in [-0.25, -0.2) is 0 Å². The highest BCUT2D eigenvalue weighted by atomic mass is 16.5. The highest BCUT2D eigenvalue weighted by Gasteiger charge is 2.18. The molecule has 128 valence electrons. The molecular weight excluding hydrogens is 316 g/mol. The van der Waals surface area contributed by atoms with Gasteiger partial charge in [0, 0.05) is 25.2 Å². The molecule has 4 rings (SSSR count). The fourth-order valence-corrected chi connectivity index (χ4v) is 3.17. The van der Waals surface area contributed by atoms with Crippen LogP contribution in [0.25, 0.3) is 6.08 Å². The Morgan fingerprint density at radius 3 is 2.96 bits per heavy atom. The Balaban J connectivity index is 1.45. The molecule has 0 radical (unpaired) electrons. The molecule has 0 atom stereocenters. The Morgan fingerprint density at radius 2 is 2.08 bits per heavy atom. The molecule has 5 nitrogen and oxygen atoms in total. The SMILES string of the molecule is COc1ccc2c(c1)C=C(C(=O)NCc1ccc3c(c1)CNC3)CO2. The number of carbonyl (C=O) groups excluding carboxylic acids is 1. The van der Waals surface area contributed by atoms with E-state index in [1.54, 1.807) is 7.11 Å². The average molecular weight is 336 g/mol. The third-order valence-electron chi connectivity index (χ3n) is 4.58. The minimum absolute atomic E-state index is 0.105. The summed E-state index contributed by atoms with van der Waals surface area (Å²) in [6.45, 7) is 2.61. The summed E-state index contributed by atoms with van der Waals surface area (Å²) in [6.07, 6.45) is 1.86. The summed E-state index contributed by atoms with van der Waals surface area (Å²) in [5.74, 6) is 1.41. The Bertz CT molecular complexity index is 858. The normalized spacial score (nSPS) is 14.8. The monoisotopic (exact) mass is 336 g/mol. The van der Waals surface area contributed by atoms with Crippen molar-refractivity contribution in [2.45, 2.75) is 19.6 Å². The number of rotatable bonds is 4. The van der Waals surface area contributed by atoms with E-state index in [1.165, 1.54) is 11.1 Å². The van der Waals surface area contributed by atoms with Gasteiger partial charge >= 0.3 is 0 Å². The van der Waals surface area contributed by atoms with E-state index in [-0.39, 0.29) is 12.5 Å². The summed E-state index contributed by atoms with van der Waals surface area (Å²) in [5, 5.41) is 6.31. The van der Waals surface area contributed by atoms with Crippen LogP contribution in [-0.2, 0) is 24.4 Å². The van der Waals surface area contributed by atoms with Crippen molar-refractivity contribution in [3.63, 3.8) is 0 Å². The molecule has 0 fully saturated rings. The van der Waals surface area contributed by atoms with Crippen LogP contribution < -0.4 is 20.1 Å². The number of nitrogens with one attached hydrogen (secondary N) is 2. The topological polar surface area (TPSA) is 59.6 Å². The fraction of sp³-hybridized carbons (Fsp3) is 0.250. The van der Waals surface area contributed by atoms with Crippen molar-refractivity contribution in [2.24, 2.45) is 0 Å². The molecule has 5 heteroatoms. The highest BCUT2D eigenvalue weighted by Crippen LogP contribution is 2.30. The lowest BCUT2D eigenvalue weighted by Gasteiger charge is -2.18. The summed E-state index contributed by atoms with van der Waals surface area (Å²) in [5.41, 5.74) is 5.23. The van der Waals surface area contributed by atoms with E-state index in [2.05, 4.69) is 28.8 Å². The number of amides is 1. The molecule has 2 aromatic rings. The van der Waals surface area contributed by atoms with Crippen LogP contribution >= 0.6 is 0 Å². The Labute approximate surface area is 146 Å². The van der Waals surface area contributed by atoms with Crippen molar-refractivity contribution in [3.05, 3.63) is 64.2 Å². The molecule has 1 amide bonds. The predicted molar refractivity (Wildman–Crippen MR) is 95.3 cm³/mol. The first-order chi connectivity index (χ1) is 12.2. The number of ether oxygens (including phenoxy) is 2. The number of methoxy groups -OCH3 is 1. The zero-order chi connectivity index (χ0) is 17.2. The maximum atomic E-state index is 12.5. The van der Waals surface area contributed by atoms with E-state index < -0.39 is 0 Å².